The molecule has 0 bridgehead atoms. The molecule has 5 nitrogen and oxygen atoms in total. The molecule has 128 valence electrons. The Hall–Kier alpha value is -2.48. The highest BCUT2D eigenvalue weighted by Crippen LogP contribution is 2.25. The van der Waals surface area contributed by atoms with E-state index < -0.39 is 10.0 Å². The maximum Gasteiger partial charge on any atom is 0.251 e. The molecule has 0 atom stereocenters. The van der Waals surface area contributed by atoms with Gasteiger partial charge in [0.2, 0.25) is 10.0 Å². The number of hydrogen-bond donors (Lipinski definition) is 2. The van der Waals surface area contributed by atoms with Gasteiger partial charge in [0.25, 0.3) is 5.91 Å². The molecular formula is C18H16N2O3S2. The Kier molecular flexibility index (Phi) is 4.98. The van der Waals surface area contributed by atoms with Crippen LogP contribution < -0.4 is 10.5 Å². The lowest BCUT2D eigenvalue weighted by Crippen LogP contribution is -2.23. The van der Waals surface area contributed by atoms with E-state index in [2.05, 4.69) is 10.7 Å². The van der Waals surface area contributed by atoms with Crippen LogP contribution in [0.25, 0.3) is 11.1 Å². The third-order valence-corrected chi connectivity index (χ3v) is 5.35. The number of carbonyl (C=O) groups excluding carboxylic acids is 1. The second kappa shape index (κ2) is 7.18. The van der Waals surface area contributed by atoms with Gasteiger partial charge in [-0.2, -0.15) is 11.3 Å². The number of sulfonamides is 1. The van der Waals surface area contributed by atoms with Crippen molar-refractivity contribution in [2.45, 2.75) is 11.4 Å². The smallest absolute Gasteiger partial charge is 0.251 e. The average molecular weight is 372 g/mol. The fourth-order valence-electron chi connectivity index (χ4n) is 2.45. The van der Waals surface area contributed by atoms with Crippen LogP contribution in [0.15, 0.2) is 70.3 Å². The summed E-state index contributed by atoms with van der Waals surface area (Å²) in [5.74, 6) is -0.277. The van der Waals surface area contributed by atoms with E-state index in [1.54, 1.807) is 11.3 Å². The summed E-state index contributed by atoms with van der Waals surface area (Å²) in [7, 11) is -3.76. The molecular weight excluding hydrogens is 356 g/mol. The van der Waals surface area contributed by atoms with Crippen LogP contribution in [-0.2, 0) is 16.6 Å². The average Bonchev–Trinajstić information content (AvgIpc) is 3.14. The van der Waals surface area contributed by atoms with Crippen LogP contribution in [0.4, 0.5) is 0 Å². The van der Waals surface area contributed by atoms with Gasteiger partial charge in [-0.1, -0.05) is 24.3 Å². The van der Waals surface area contributed by atoms with Crippen molar-refractivity contribution in [3.63, 3.8) is 0 Å². The summed E-state index contributed by atoms with van der Waals surface area (Å²) in [5, 5.41) is 12.0. The lowest BCUT2D eigenvalue weighted by molar-refractivity contribution is 0.0951. The maximum atomic E-state index is 12.3. The summed E-state index contributed by atoms with van der Waals surface area (Å²) in [6, 6.07) is 15.5. The van der Waals surface area contributed by atoms with E-state index >= 15 is 0 Å². The van der Waals surface area contributed by atoms with E-state index in [9.17, 15) is 13.2 Å². The summed E-state index contributed by atoms with van der Waals surface area (Å²) in [5.41, 5.74) is 3.58. The van der Waals surface area contributed by atoms with Gasteiger partial charge in [-0.15, -0.1) is 0 Å². The Labute approximate surface area is 150 Å². The van der Waals surface area contributed by atoms with Crippen LogP contribution in [0.1, 0.15) is 15.9 Å². The van der Waals surface area contributed by atoms with Crippen molar-refractivity contribution in [3.8, 4) is 11.1 Å². The molecule has 1 heterocycles. The van der Waals surface area contributed by atoms with E-state index in [-0.39, 0.29) is 10.8 Å². The van der Waals surface area contributed by atoms with Crippen molar-refractivity contribution in [1.29, 1.82) is 0 Å². The summed E-state index contributed by atoms with van der Waals surface area (Å²) < 4.78 is 22.5. The summed E-state index contributed by atoms with van der Waals surface area (Å²) in [4.78, 5) is 12.3. The first-order chi connectivity index (χ1) is 11.9. The number of carbonyl (C=O) groups is 1. The zero-order chi connectivity index (χ0) is 17.9. The van der Waals surface area contributed by atoms with Gasteiger partial charge in [-0.3, -0.25) is 4.79 Å². The monoisotopic (exact) mass is 372 g/mol. The molecule has 1 amide bonds. The molecule has 0 fully saturated rings. The highest BCUT2D eigenvalue weighted by molar-refractivity contribution is 7.89. The molecule has 0 aliphatic rings. The van der Waals surface area contributed by atoms with E-state index in [0.29, 0.717) is 12.1 Å². The standard InChI is InChI=1S/C18H16N2O3S2/c19-25(22,23)16-7-5-13(6-8-16)18(21)20-11-14-3-1-2-4-17(14)15-9-10-24-12-15/h1-10,12H,11H2,(H,20,21)(H2,19,22,23). The number of nitrogens with two attached hydrogens (primary N) is 1. The molecule has 3 aromatic rings. The number of thiophene rings is 1. The molecule has 0 saturated heterocycles. The van der Waals surface area contributed by atoms with Crippen molar-refractivity contribution in [2.24, 2.45) is 5.14 Å². The van der Waals surface area contributed by atoms with Gasteiger partial charge in [-0.05, 0) is 57.8 Å². The topological polar surface area (TPSA) is 89.3 Å². The zero-order valence-corrected chi connectivity index (χ0v) is 14.8. The lowest BCUT2D eigenvalue weighted by Gasteiger charge is -2.10. The number of benzene rings is 2. The molecule has 0 aliphatic heterocycles. The third-order valence-electron chi connectivity index (χ3n) is 3.73. The number of hydrogen-bond acceptors (Lipinski definition) is 4. The highest BCUT2D eigenvalue weighted by Gasteiger charge is 2.11. The van der Waals surface area contributed by atoms with E-state index in [1.165, 1.54) is 24.3 Å². The molecule has 2 aromatic carbocycles. The van der Waals surface area contributed by atoms with E-state index in [0.717, 1.165) is 16.7 Å². The Balaban J connectivity index is 1.73. The van der Waals surface area contributed by atoms with Crippen LogP contribution in [-0.4, -0.2) is 14.3 Å². The van der Waals surface area contributed by atoms with Crippen molar-refractivity contribution in [1.82, 2.24) is 5.32 Å². The van der Waals surface area contributed by atoms with Crippen molar-refractivity contribution in [3.05, 3.63) is 76.5 Å². The van der Waals surface area contributed by atoms with Crippen molar-refractivity contribution >= 4 is 27.3 Å². The molecule has 0 radical (unpaired) electrons. The lowest BCUT2D eigenvalue weighted by atomic mass is 10.0. The molecule has 0 aliphatic carbocycles. The van der Waals surface area contributed by atoms with Crippen LogP contribution in [0.2, 0.25) is 0 Å². The molecule has 0 saturated carbocycles. The SMILES string of the molecule is NS(=O)(=O)c1ccc(C(=O)NCc2ccccc2-c2ccsc2)cc1. The first-order valence-electron chi connectivity index (χ1n) is 7.47. The summed E-state index contributed by atoms with van der Waals surface area (Å²) >= 11 is 1.62. The Morgan fingerprint density at radius 1 is 1.04 bits per heavy atom. The van der Waals surface area contributed by atoms with Crippen molar-refractivity contribution in [2.75, 3.05) is 0 Å². The van der Waals surface area contributed by atoms with Crippen molar-refractivity contribution < 1.29 is 13.2 Å². The maximum absolute atomic E-state index is 12.3. The molecule has 25 heavy (non-hydrogen) atoms. The van der Waals surface area contributed by atoms with E-state index in [4.69, 9.17) is 5.14 Å². The van der Waals surface area contributed by atoms with Crippen LogP contribution >= 0.6 is 11.3 Å². The van der Waals surface area contributed by atoms with Gasteiger partial charge in [0.05, 0.1) is 4.90 Å². The van der Waals surface area contributed by atoms with Gasteiger partial charge >= 0.3 is 0 Å². The fraction of sp³-hybridized carbons (Fsp3) is 0.0556. The molecule has 3 rings (SSSR count). The van der Waals surface area contributed by atoms with Gasteiger partial charge in [-0.25, -0.2) is 13.6 Å². The Bertz CT molecular complexity index is 979. The van der Waals surface area contributed by atoms with Crippen LogP contribution in [0.5, 0.6) is 0 Å². The minimum atomic E-state index is -3.76. The zero-order valence-electron chi connectivity index (χ0n) is 13.2. The number of nitrogens with one attached hydrogen (secondary N) is 1. The molecule has 0 spiro atoms. The van der Waals surface area contributed by atoms with Crippen LogP contribution in [0.3, 0.4) is 0 Å². The molecule has 0 unspecified atom stereocenters. The quantitative estimate of drug-likeness (QED) is 0.721. The molecule has 7 heteroatoms. The normalized spacial score (nSPS) is 11.2. The largest absolute Gasteiger partial charge is 0.348 e. The first kappa shape index (κ1) is 17.3. The first-order valence-corrected chi connectivity index (χ1v) is 9.95. The van der Waals surface area contributed by atoms with Gasteiger partial charge < -0.3 is 5.32 Å². The second-order valence-corrected chi connectivity index (χ2v) is 7.76. The Morgan fingerprint density at radius 3 is 2.40 bits per heavy atom. The van der Waals surface area contributed by atoms with Gasteiger partial charge in [0, 0.05) is 12.1 Å². The predicted octanol–water partition coefficient (Wildman–Crippen LogP) is 2.99. The predicted molar refractivity (Wildman–Crippen MR) is 98.7 cm³/mol. The third kappa shape index (κ3) is 4.14. The minimum Gasteiger partial charge on any atom is -0.348 e. The van der Waals surface area contributed by atoms with Gasteiger partial charge in [0.1, 0.15) is 0 Å². The minimum absolute atomic E-state index is 0.0214. The summed E-state index contributed by atoms with van der Waals surface area (Å²) in [6.45, 7) is 0.377. The van der Waals surface area contributed by atoms with Crippen LogP contribution in [0, 0.1) is 0 Å². The van der Waals surface area contributed by atoms with Gasteiger partial charge in [0.15, 0.2) is 0 Å². The highest BCUT2D eigenvalue weighted by atomic mass is 32.2. The van der Waals surface area contributed by atoms with E-state index in [1.807, 2.05) is 35.7 Å². The number of primary sulfonamides is 1. The summed E-state index contributed by atoms with van der Waals surface area (Å²) in [6.07, 6.45) is 0. The number of rotatable bonds is 5. The molecule has 1 aromatic heterocycles. The number of amides is 1. The fourth-order valence-corrected chi connectivity index (χ4v) is 3.62. The molecule has 3 N–H and O–H groups in total. The Morgan fingerprint density at radius 2 is 1.76 bits per heavy atom. The second-order valence-electron chi connectivity index (χ2n) is 5.42.